The fourth-order valence-electron chi connectivity index (χ4n) is 1.69. The van der Waals surface area contributed by atoms with E-state index in [1.54, 1.807) is 12.1 Å². The summed E-state index contributed by atoms with van der Waals surface area (Å²) in [5.74, 6) is -0.380. The zero-order valence-electron chi connectivity index (χ0n) is 10.4. The Morgan fingerprint density at radius 2 is 2.06 bits per heavy atom. The van der Waals surface area contributed by atoms with Gasteiger partial charge in [-0.1, -0.05) is 26.7 Å². The molecule has 1 aromatic carbocycles. The number of rotatable bonds is 6. The number of hydrogen-bond acceptors (Lipinski definition) is 3. The molecule has 94 valence electrons. The molecule has 0 aliphatic carbocycles. The SMILES string of the molecule is CCC(CC)CNc1ccc(N)c(C(=O)O)c1. The van der Waals surface area contributed by atoms with Crippen molar-refractivity contribution >= 4 is 17.3 Å². The van der Waals surface area contributed by atoms with E-state index in [9.17, 15) is 4.79 Å². The van der Waals surface area contributed by atoms with Gasteiger partial charge in [0.1, 0.15) is 0 Å². The summed E-state index contributed by atoms with van der Waals surface area (Å²) in [6.45, 7) is 5.17. The number of anilines is 2. The maximum absolute atomic E-state index is 10.9. The number of nitrogens with one attached hydrogen (secondary N) is 1. The van der Waals surface area contributed by atoms with Crippen LogP contribution in [0.3, 0.4) is 0 Å². The average molecular weight is 236 g/mol. The van der Waals surface area contributed by atoms with Crippen molar-refractivity contribution in [2.45, 2.75) is 26.7 Å². The van der Waals surface area contributed by atoms with Crippen molar-refractivity contribution in [1.29, 1.82) is 0 Å². The summed E-state index contributed by atoms with van der Waals surface area (Å²) in [5.41, 5.74) is 6.85. The zero-order valence-corrected chi connectivity index (χ0v) is 10.4. The first-order valence-corrected chi connectivity index (χ1v) is 5.95. The summed E-state index contributed by atoms with van der Waals surface area (Å²) in [4.78, 5) is 10.9. The molecule has 0 heterocycles. The number of carboxylic acids is 1. The second-order valence-electron chi connectivity index (χ2n) is 4.17. The molecule has 4 heteroatoms. The first-order chi connectivity index (χ1) is 8.08. The predicted octanol–water partition coefficient (Wildman–Crippen LogP) is 2.82. The summed E-state index contributed by atoms with van der Waals surface area (Å²) in [7, 11) is 0. The quantitative estimate of drug-likeness (QED) is 0.664. The van der Waals surface area contributed by atoms with Crippen molar-refractivity contribution in [1.82, 2.24) is 0 Å². The molecule has 0 aromatic heterocycles. The summed E-state index contributed by atoms with van der Waals surface area (Å²) in [6.07, 6.45) is 2.23. The molecule has 0 spiro atoms. The number of aromatic carboxylic acids is 1. The van der Waals surface area contributed by atoms with E-state index >= 15 is 0 Å². The van der Waals surface area contributed by atoms with Crippen LogP contribution in [0.2, 0.25) is 0 Å². The van der Waals surface area contributed by atoms with Gasteiger partial charge in [-0.05, 0) is 24.1 Å². The summed E-state index contributed by atoms with van der Waals surface area (Å²) >= 11 is 0. The molecule has 17 heavy (non-hydrogen) atoms. The van der Waals surface area contributed by atoms with Gasteiger partial charge in [0.15, 0.2) is 0 Å². The standard InChI is InChI=1S/C13H20N2O2/c1-3-9(4-2)8-15-10-5-6-12(14)11(7-10)13(16)17/h5-7,9,15H,3-4,8,14H2,1-2H3,(H,16,17). The predicted molar refractivity (Wildman–Crippen MR) is 70.4 cm³/mol. The number of nitrogens with two attached hydrogens (primary N) is 1. The molecule has 0 amide bonds. The van der Waals surface area contributed by atoms with Crippen molar-refractivity contribution in [3.8, 4) is 0 Å². The van der Waals surface area contributed by atoms with E-state index in [0.717, 1.165) is 25.1 Å². The maximum Gasteiger partial charge on any atom is 0.337 e. The molecule has 0 saturated heterocycles. The molecule has 0 aliphatic heterocycles. The van der Waals surface area contributed by atoms with Crippen molar-refractivity contribution in [3.63, 3.8) is 0 Å². The molecule has 4 N–H and O–H groups in total. The molecular weight excluding hydrogens is 216 g/mol. The minimum atomic E-state index is -0.992. The Morgan fingerprint density at radius 1 is 1.41 bits per heavy atom. The minimum absolute atomic E-state index is 0.152. The highest BCUT2D eigenvalue weighted by atomic mass is 16.4. The lowest BCUT2D eigenvalue weighted by Gasteiger charge is -2.15. The number of benzene rings is 1. The van der Waals surface area contributed by atoms with Crippen molar-refractivity contribution < 1.29 is 9.90 Å². The summed E-state index contributed by atoms with van der Waals surface area (Å²) in [5, 5.41) is 12.2. The molecule has 0 bridgehead atoms. The second-order valence-corrected chi connectivity index (χ2v) is 4.17. The van der Waals surface area contributed by atoms with Crippen LogP contribution in [-0.2, 0) is 0 Å². The fraction of sp³-hybridized carbons (Fsp3) is 0.462. The number of carboxylic acid groups (broad SMARTS) is 1. The Labute approximate surface area is 102 Å². The minimum Gasteiger partial charge on any atom is -0.478 e. The topological polar surface area (TPSA) is 75.3 Å². The smallest absolute Gasteiger partial charge is 0.337 e. The van der Waals surface area contributed by atoms with Crippen molar-refractivity contribution in [2.75, 3.05) is 17.6 Å². The lowest BCUT2D eigenvalue weighted by atomic mass is 10.0. The number of carbonyl (C=O) groups is 1. The van der Waals surface area contributed by atoms with Gasteiger partial charge < -0.3 is 16.2 Å². The van der Waals surface area contributed by atoms with Gasteiger partial charge in [-0.2, -0.15) is 0 Å². The van der Waals surface area contributed by atoms with E-state index in [1.165, 1.54) is 0 Å². The van der Waals surface area contributed by atoms with Crippen LogP contribution in [0.4, 0.5) is 11.4 Å². The first-order valence-electron chi connectivity index (χ1n) is 5.95. The van der Waals surface area contributed by atoms with Crippen LogP contribution in [0.1, 0.15) is 37.0 Å². The van der Waals surface area contributed by atoms with E-state index in [-0.39, 0.29) is 5.56 Å². The molecule has 4 nitrogen and oxygen atoms in total. The largest absolute Gasteiger partial charge is 0.478 e. The van der Waals surface area contributed by atoms with Crippen molar-refractivity contribution in [3.05, 3.63) is 23.8 Å². The third-order valence-corrected chi connectivity index (χ3v) is 3.03. The van der Waals surface area contributed by atoms with E-state index in [2.05, 4.69) is 19.2 Å². The third-order valence-electron chi connectivity index (χ3n) is 3.03. The Bertz CT molecular complexity index is 387. The van der Waals surface area contributed by atoms with Gasteiger partial charge in [0.05, 0.1) is 5.56 Å². The fourth-order valence-corrected chi connectivity index (χ4v) is 1.69. The lowest BCUT2D eigenvalue weighted by Crippen LogP contribution is -2.13. The molecule has 0 saturated carbocycles. The number of nitrogen functional groups attached to an aromatic ring is 1. The summed E-state index contributed by atoms with van der Waals surface area (Å²) in [6, 6.07) is 5.02. The third kappa shape index (κ3) is 3.66. The number of hydrogen-bond donors (Lipinski definition) is 3. The van der Waals surface area contributed by atoms with Gasteiger partial charge in [-0.3, -0.25) is 0 Å². The zero-order chi connectivity index (χ0) is 12.8. The maximum atomic E-state index is 10.9. The molecule has 0 atom stereocenters. The molecule has 0 aliphatic rings. The Morgan fingerprint density at radius 3 is 2.59 bits per heavy atom. The Hall–Kier alpha value is -1.71. The second kappa shape index (κ2) is 6.13. The van der Waals surface area contributed by atoms with Crippen molar-refractivity contribution in [2.24, 2.45) is 5.92 Å². The highest BCUT2D eigenvalue weighted by molar-refractivity contribution is 5.94. The Kier molecular flexibility index (Phi) is 4.82. The van der Waals surface area contributed by atoms with Gasteiger partial charge in [0, 0.05) is 17.9 Å². The molecule has 1 rings (SSSR count). The van der Waals surface area contributed by atoms with Crippen LogP contribution in [0, 0.1) is 5.92 Å². The molecular formula is C13H20N2O2. The summed E-state index contributed by atoms with van der Waals surface area (Å²) < 4.78 is 0. The van der Waals surface area contributed by atoms with E-state index in [1.807, 2.05) is 6.07 Å². The normalized spacial score (nSPS) is 10.5. The van der Waals surface area contributed by atoms with Crippen LogP contribution >= 0.6 is 0 Å². The van der Waals surface area contributed by atoms with Gasteiger partial charge in [0.25, 0.3) is 0 Å². The highest BCUT2D eigenvalue weighted by Gasteiger charge is 2.09. The first kappa shape index (κ1) is 13.4. The van der Waals surface area contributed by atoms with Crippen LogP contribution in [0.5, 0.6) is 0 Å². The van der Waals surface area contributed by atoms with E-state index in [4.69, 9.17) is 10.8 Å². The molecule has 1 aromatic rings. The van der Waals surface area contributed by atoms with Gasteiger partial charge in [-0.25, -0.2) is 4.79 Å². The van der Waals surface area contributed by atoms with Gasteiger partial charge >= 0.3 is 5.97 Å². The van der Waals surface area contributed by atoms with Gasteiger partial charge in [0.2, 0.25) is 0 Å². The monoisotopic (exact) mass is 236 g/mol. The molecule has 0 fully saturated rings. The lowest BCUT2D eigenvalue weighted by molar-refractivity contribution is 0.0698. The van der Waals surface area contributed by atoms with Crippen LogP contribution in [-0.4, -0.2) is 17.6 Å². The van der Waals surface area contributed by atoms with Crippen LogP contribution in [0.25, 0.3) is 0 Å². The van der Waals surface area contributed by atoms with Gasteiger partial charge in [-0.15, -0.1) is 0 Å². The average Bonchev–Trinajstić information content (AvgIpc) is 2.32. The van der Waals surface area contributed by atoms with E-state index in [0.29, 0.717) is 11.6 Å². The molecule has 0 radical (unpaired) electrons. The van der Waals surface area contributed by atoms with Crippen LogP contribution < -0.4 is 11.1 Å². The van der Waals surface area contributed by atoms with E-state index < -0.39 is 5.97 Å². The van der Waals surface area contributed by atoms with Crippen LogP contribution in [0.15, 0.2) is 18.2 Å². The molecule has 0 unspecified atom stereocenters. The highest BCUT2D eigenvalue weighted by Crippen LogP contribution is 2.18. The Balaban J connectivity index is 2.72.